The normalized spacial score (nSPS) is 15.5. The molecule has 3 nitrogen and oxygen atoms in total. The monoisotopic (exact) mass is 236 g/mol. The third-order valence-corrected chi connectivity index (χ3v) is 3.01. The van der Waals surface area contributed by atoms with E-state index in [1.807, 2.05) is 0 Å². The quantitative estimate of drug-likeness (QED) is 0.545. The Bertz CT molecular complexity index is 350. The molecular weight excluding hydrogens is 216 g/mol. The molecule has 0 saturated carbocycles. The average molecular weight is 236 g/mol. The molecule has 0 radical (unpaired) electrons. The second-order valence-electron chi connectivity index (χ2n) is 4.47. The minimum Gasteiger partial charge on any atom is -0.478 e. The van der Waals surface area contributed by atoms with E-state index in [1.165, 1.54) is 31.8 Å². The fourth-order valence-corrected chi connectivity index (χ4v) is 1.97. The second-order valence-corrected chi connectivity index (χ2v) is 4.47. The number of rotatable bonds is 7. The molecule has 0 bridgehead atoms. The number of carboxylic acid groups (broad SMARTS) is 1. The van der Waals surface area contributed by atoms with Crippen molar-refractivity contribution in [2.24, 2.45) is 0 Å². The number of hydrogen-bond acceptors (Lipinski definition) is 2. The molecule has 0 saturated heterocycles. The van der Waals surface area contributed by atoms with Gasteiger partial charge in [0.25, 0.3) is 0 Å². The van der Waals surface area contributed by atoms with Gasteiger partial charge in [0.2, 0.25) is 0 Å². The zero-order chi connectivity index (χ0) is 12.7. The summed E-state index contributed by atoms with van der Waals surface area (Å²) in [6.07, 6.45) is 10.5. The van der Waals surface area contributed by atoms with Crippen LogP contribution in [0.4, 0.5) is 0 Å². The number of aliphatic carboxylic acids is 1. The third-order valence-electron chi connectivity index (χ3n) is 3.01. The van der Waals surface area contributed by atoms with Crippen LogP contribution in [0.15, 0.2) is 23.3 Å². The van der Waals surface area contributed by atoms with Crippen molar-refractivity contribution in [1.82, 2.24) is 0 Å². The summed E-state index contributed by atoms with van der Waals surface area (Å²) in [5.41, 5.74) is 0.983. The number of unbranched alkanes of at least 4 members (excludes halogenated alkanes) is 4. The van der Waals surface area contributed by atoms with Crippen LogP contribution in [0.5, 0.6) is 0 Å². The predicted molar refractivity (Wildman–Crippen MR) is 66.8 cm³/mol. The van der Waals surface area contributed by atoms with E-state index in [0.717, 1.165) is 18.4 Å². The van der Waals surface area contributed by atoms with Gasteiger partial charge < -0.3 is 5.11 Å². The maximum atomic E-state index is 11.5. The predicted octanol–water partition coefficient (Wildman–Crippen LogP) is 3.26. The molecule has 0 aromatic heterocycles. The maximum Gasteiger partial charge on any atom is 0.339 e. The van der Waals surface area contributed by atoms with Crippen LogP contribution in [0.1, 0.15) is 51.9 Å². The van der Waals surface area contributed by atoms with Crippen LogP contribution in [-0.4, -0.2) is 16.9 Å². The van der Waals surface area contributed by atoms with E-state index in [9.17, 15) is 9.59 Å². The van der Waals surface area contributed by atoms with Crippen molar-refractivity contribution < 1.29 is 14.7 Å². The number of Topliss-reactive ketones (excluding diaryl/α,β-unsaturated/α-hetero) is 1. The van der Waals surface area contributed by atoms with Crippen molar-refractivity contribution in [3.8, 4) is 0 Å². The lowest BCUT2D eigenvalue weighted by molar-refractivity contribution is -0.134. The Kier molecular flexibility index (Phi) is 5.67. The Morgan fingerprint density at radius 1 is 1.24 bits per heavy atom. The van der Waals surface area contributed by atoms with Gasteiger partial charge in [0.05, 0.1) is 0 Å². The van der Waals surface area contributed by atoms with E-state index in [-0.39, 0.29) is 17.8 Å². The van der Waals surface area contributed by atoms with Crippen molar-refractivity contribution in [1.29, 1.82) is 0 Å². The van der Waals surface area contributed by atoms with Crippen LogP contribution < -0.4 is 0 Å². The van der Waals surface area contributed by atoms with Crippen molar-refractivity contribution >= 4 is 11.8 Å². The van der Waals surface area contributed by atoms with Crippen molar-refractivity contribution in [2.45, 2.75) is 51.9 Å². The highest BCUT2D eigenvalue weighted by molar-refractivity contribution is 6.18. The summed E-state index contributed by atoms with van der Waals surface area (Å²) in [6.45, 7) is 2.18. The fraction of sp³-hybridized carbons (Fsp3) is 0.571. The molecule has 3 heteroatoms. The summed E-state index contributed by atoms with van der Waals surface area (Å²) in [5, 5.41) is 8.75. The first kappa shape index (κ1) is 13.7. The number of hydrogen-bond donors (Lipinski definition) is 1. The first-order valence-corrected chi connectivity index (χ1v) is 6.31. The minimum atomic E-state index is -1.12. The minimum absolute atomic E-state index is 0.0836. The summed E-state index contributed by atoms with van der Waals surface area (Å²) >= 11 is 0. The van der Waals surface area contributed by atoms with Crippen LogP contribution in [0, 0.1) is 0 Å². The van der Waals surface area contributed by atoms with Gasteiger partial charge in [-0.3, -0.25) is 4.79 Å². The highest BCUT2D eigenvalue weighted by Gasteiger charge is 2.20. The number of ketones is 1. The fourth-order valence-electron chi connectivity index (χ4n) is 1.97. The number of allylic oxidation sites excluding steroid dienone is 3. The Hall–Kier alpha value is -1.38. The van der Waals surface area contributed by atoms with Gasteiger partial charge in [-0.2, -0.15) is 0 Å². The van der Waals surface area contributed by atoms with Crippen molar-refractivity contribution in [2.75, 3.05) is 0 Å². The van der Waals surface area contributed by atoms with Gasteiger partial charge in [0.15, 0.2) is 5.78 Å². The van der Waals surface area contributed by atoms with Crippen LogP contribution in [0.25, 0.3) is 0 Å². The van der Waals surface area contributed by atoms with E-state index >= 15 is 0 Å². The van der Waals surface area contributed by atoms with Crippen LogP contribution in [0.2, 0.25) is 0 Å². The Morgan fingerprint density at radius 2 is 1.94 bits per heavy atom. The molecule has 0 heterocycles. The Balaban J connectivity index is 2.36. The van der Waals surface area contributed by atoms with Gasteiger partial charge in [0.1, 0.15) is 5.57 Å². The zero-order valence-electron chi connectivity index (χ0n) is 10.4. The molecule has 0 fully saturated rings. The first-order valence-electron chi connectivity index (χ1n) is 6.31. The van der Waals surface area contributed by atoms with E-state index in [0.29, 0.717) is 0 Å². The first-order chi connectivity index (χ1) is 8.15. The second kappa shape index (κ2) is 7.05. The Labute approximate surface area is 102 Å². The molecule has 94 valence electrons. The summed E-state index contributed by atoms with van der Waals surface area (Å²) in [6, 6.07) is 0. The number of carbonyl (C=O) groups excluding carboxylic acids is 1. The number of carboxylic acids is 1. The molecule has 0 aromatic rings. The molecule has 0 aromatic carbocycles. The van der Waals surface area contributed by atoms with Crippen molar-refractivity contribution in [3.63, 3.8) is 0 Å². The van der Waals surface area contributed by atoms with Gasteiger partial charge in [-0.05, 0) is 18.9 Å². The highest BCUT2D eigenvalue weighted by atomic mass is 16.4. The molecule has 1 aliphatic carbocycles. The van der Waals surface area contributed by atoms with Gasteiger partial charge >= 0.3 is 5.97 Å². The summed E-state index contributed by atoms with van der Waals surface area (Å²) in [5.74, 6) is -1.38. The molecule has 0 atom stereocenters. The Morgan fingerprint density at radius 3 is 2.53 bits per heavy atom. The topological polar surface area (TPSA) is 54.4 Å². The lowest BCUT2D eigenvalue weighted by Crippen LogP contribution is -2.15. The van der Waals surface area contributed by atoms with Crippen LogP contribution in [-0.2, 0) is 9.59 Å². The molecule has 0 spiro atoms. The van der Waals surface area contributed by atoms with Gasteiger partial charge in [-0.15, -0.1) is 0 Å². The molecule has 1 aliphatic rings. The lowest BCUT2D eigenvalue weighted by Gasteiger charge is -2.11. The van der Waals surface area contributed by atoms with Crippen LogP contribution in [0.3, 0.4) is 0 Å². The molecule has 0 unspecified atom stereocenters. The van der Waals surface area contributed by atoms with E-state index in [1.54, 1.807) is 6.08 Å². The summed E-state index contributed by atoms with van der Waals surface area (Å²) in [4.78, 5) is 22.2. The summed E-state index contributed by atoms with van der Waals surface area (Å²) in [7, 11) is 0. The highest BCUT2D eigenvalue weighted by Crippen LogP contribution is 2.20. The standard InChI is InChI=1S/C14H20O3/c1-2-3-4-5-6-7-11-8-9-12(14(16)17)13(15)10-11/h8-9H,2-7,10H2,1H3,(H,16,17). The molecule has 0 aliphatic heterocycles. The molecule has 17 heavy (non-hydrogen) atoms. The summed E-state index contributed by atoms with van der Waals surface area (Å²) < 4.78 is 0. The lowest BCUT2D eigenvalue weighted by atomic mass is 9.93. The SMILES string of the molecule is CCCCCCCC1=CC=C(C(=O)O)C(=O)C1. The largest absolute Gasteiger partial charge is 0.478 e. The molecular formula is C14H20O3. The molecule has 1 rings (SSSR count). The van der Waals surface area contributed by atoms with Gasteiger partial charge in [0, 0.05) is 6.42 Å². The maximum absolute atomic E-state index is 11.5. The van der Waals surface area contributed by atoms with Crippen molar-refractivity contribution in [3.05, 3.63) is 23.3 Å². The van der Waals surface area contributed by atoms with E-state index in [2.05, 4.69) is 6.92 Å². The van der Waals surface area contributed by atoms with Gasteiger partial charge in [-0.25, -0.2) is 4.79 Å². The van der Waals surface area contributed by atoms with Crippen LogP contribution >= 0.6 is 0 Å². The van der Waals surface area contributed by atoms with E-state index < -0.39 is 5.97 Å². The number of carbonyl (C=O) groups is 2. The van der Waals surface area contributed by atoms with E-state index in [4.69, 9.17) is 5.11 Å². The average Bonchev–Trinajstić information content (AvgIpc) is 2.28. The third kappa shape index (κ3) is 4.55. The van der Waals surface area contributed by atoms with Gasteiger partial charge in [-0.1, -0.05) is 44.3 Å². The molecule has 0 amide bonds. The smallest absolute Gasteiger partial charge is 0.339 e. The zero-order valence-corrected chi connectivity index (χ0v) is 10.4. The molecule has 1 N–H and O–H groups in total.